The Bertz CT molecular complexity index is 632. The van der Waals surface area contributed by atoms with Gasteiger partial charge in [-0.25, -0.2) is 9.18 Å². The third-order valence-corrected chi connectivity index (χ3v) is 2.56. The monoisotopic (exact) mass is 276 g/mol. The van der Waals surface area contributed by atoms with Gasteiger partial charge in [-0.05, 0) is 24.3 Å². The number of aromatic nitrogens is 1. The number of hydrogen-bond acceptors (Lipinski definition) is 5. The maximum absolute atomic E-state index is 13.0. The first-order valence-electron chi connectivity index (χ1n) is 5.80. The van der Waals surface area contributed by atoms with Crippen LogP contribution in [0.15, 0.2) is 36.7 Å². The van der Waals surface area contributed by atoms with Gasteiger partial charge in [0.2, 0.25) is 0 Å². The fourth-order valence-electron chi connectivity index (χ4n) is 1.64. The number of methoxy groups -OCH3 is 1. The smallest absolute Gasteiger partial charge is 0.341 e. The summed E-state index contributed by atoms with van der Waals surface area (Å²) in [5.74, 6) is -0.684. The van der Waals surface area contributed by atoms with Gasteiger partial charge in [0.25, 0.3) is 0 Å². The summed E-state index contributed by atoms with van der Waals surface area (Å²) in [5, 5.41) is 0. The van der Waals surface area contributed by atoms with Crippen molar-refractivity contribution in [3.05, 3.63) is 53.6 Å². The summed E-state index contributed by atoms with van der Waals surface area (Å²) in [6.07, 6.45) is 2.59. The molecule has 0 saturated carbocycles. The summed E-state index contributed by atoms with van der Waals surface area (Å²) in [6, 6.07) is 5.94. The maximum atomic E-state index is 13.0. The molecule has 0 amide bonds. The fourth-order valence-corrected chi connectivity index (χ4v) is 1.64. The Morgan fingerprint density at radius 3 is 2.85 bits per heavy atom. The van der Waals surface area contributed by atoms with Crippen molar-refractivity contribution >= 4 is 11.7 Å². The largest absolute Gasteiger partial charge is 0.488 e. The van der Waals surface area contributed by atoms with E-state index >= 15 is 0 Å². The van der Waals surface area contributed by atoms with Crippen molar-refractivity contribution in [2.45, 2.75) is 6.61 Å². The molecule has 0 saturated heterocycles. The normalized spacial score (nSPS) is 10.1. The van der Waals surface area contributed by atoms with Gasteiger partial charge in [0.15, 0.2) is 0 Å². The third-order valence-electron chi connectivity index (χ3n) is 2.56. The Balaban J connectivity index is 2.19. The van der Waals surface area contributed by atoms with Crippen molar-refractivity contribution in [1.82, 2.24) is 4.98 Å². The molecule has 0 bridgehead atoms. The standard InChI is InChI=1S/C14H13FN2O3/c1-19-14(18)12-5-11(16)2-3-13(12)20-8-9-4-10(15)7-17-6-9/h2-7H,8,16H2,1H3. The Kier molecular flexibility index (Phi) is 4.14. The Morgan fingerprint density at radius 2 is 2.15 bits per heavy atom. The number of rotatable bonds is 4. The minimum atomic E-state index is -0.551. The summed E-state index contributed by atoms with van der Waals surface area (Å²) < 4.78 is 23.1. The van der Waals surface area contributed by atoms with Crippen LogP contribution in [0.2, 0.25) is 0 Å². The van der Waals surface area contributed by atoms with Gasteiger partial charge in [-0.2, -0.15) is 0 Å². The fraction of sp³-hybridized carbons (Fsp3) is 0.143. The lowest BCUT2D eigenvalue weighted by Gasteiger charge is -2.11. The van der Waals surface area contributed by atoms with Crippen LogP contribution in [0.5, 0.6) is 5.75 Å². The lowest BCUT2D eigenvalue weighted by molar-refractivity contribution is 0.0595. The molecular formula is C14H13FN2O3. The second-order valence-electron chi connectivity index (χ2n) is 4.05. The molecule has 104 valence electrons. The van der Waals surface area contributed by atoms with Gasteiger partial charge in [-0.3, -0.25) is 4.98 Å². The average Bonchev–Trinajstić information content (AvgIpc) is 2.45. The number of benzene rings is 1. The molecule has 20 heavy (non-hydrogen) atoms. The molecule has 1 heterocycles. The molecular weight excluding hydrogens is 263 g/mol. The molecule has 0 aliphatic heterocycles. The minimum Gasteiger partial charge on any atom is -0.488 e. The third kappa shape index (κ3) is 3.23. The number of halogens is 1. The van der Waals surface area contributed by atoms with Crippen LogP contribution in [0.1, 0.15) is 15.9 Å². The molecule has 0 aliphatic carbocycles. The quantitative estimate of drug-likeness (QED) is 0.684. The van der Waals surface area contributed by atoms with Crippen LogP contribution in [0.25, 0.3) is 0 Å². The van der Waals surface area contributed by atoms with Crippen molar-refractivity contribution < 1.29 is 18.7 Å². The summed E-state index contributed by atoms with van der Waals surface area (Å²) in [5.41, 5.74) is 6.82. The number of esters is 1. The van der Waals surface area contributed by atoms with E-state index in [1.807, 2.05) is 0 Å². The zero-order valence-corrected chi connectivity index (χ0v) is 10.8. The van der Waals surface area contributed by atoms with E-state index in [0.717, 1.165) is 6.20 Å². The van der Waals surface area contributed by atoms with Crippen LogP contribution in [-0.4, -0.2) is 18.1 Å². The van der Waals surface area contributed by atoms with Crippen LogP contribution in [0.3, 0.4) is 0 Å². The van der Waals surface area contributed by atoms with E-state index in [0.29, 0.717) is 17.0 Å². The number of nitrogen functional groups attached to an aromatic ring is 1. The number of pyridine rings is 1. The maximum Gasteiger partial charge on any atom is 0.341 e. The van der Waals surface area contributed by atoms with E-state index in [4.69, 9.17) is 10.5 Å². The lowest BCUT2D eigenvalue weighted by atomic mass is 10.2. The molecule has 2 aromatic rings. The predicted molar refractivity (Wildman–Crippen MR) is 70.7 cm³/mol. The number of ether oxygens (including phenoxy) is 2. The number of nitrogens with two attached hydrogens (primary N) is 1. The first kappa shape index (κ1) is 13.8. The van der Waals surface area contributed by atoms with Crippen LogP contribution >= 0.6 is 0 Å². The van der Waals surface area contributed by atoms with Crippen LogP contribution < -0.4 is 10.5 Å². The summed E-state index contributed by atoms with van der Waals surface area (Å²) in [7, 11) is 1.27. The van der Waals surface area contributed by atoms with Gasteiger partial charge >= 0.3 is 5.97 Å². The van der Waals surface area contributed by atoms with Crippen molar-refractivity contribution in [1.29, 1.82) is 0 Å². The highest BCUT2D eigenvalue weighted by atomic mass is 19.1. The van der Waals surface area contributed by atoms with Gasteiger partial charge in [0, 0.05) is 17.4 Å². The molecule has 0 atom stereocenters. The first-order valence-corrected chi connectivity index (χ1v) is 5.80. The Hall–Kier alpha value is -2.63. The van der Waals surface area contributed by atoms with E-state index < -0.39 is 11.8 Å². The first-order chi connectivity index (χ1) is 9.60. The van der Waals surface area contributed by atoms with E-state index in [1.165, 1.54) is 25.4 Å². The topological polar surface area (TPSA) is 74.4 Å². The van der Waals surface area contributed by atoms with E-state index in [2.05, 4.69) is 9.72 Å². The van der Waals surface area contributed by atoms with Gasteiger partial charge in [0.1, 0.15) is 23.7 Å². The SMILES string of the molecule is COC(=O)c1cc(N)ccc1OCc1cncc(F)c1. The van der Waals surface area contributed by atoms with Gasteiger partial charge in [0.05, 0.1) is 13.3 Å². The molecule has 1 aromatic carbocycles. The Labute approximate surface area is 115 Å². The molecule has 0 spiro atoms. The summed E-state index contributed by atoms with van der Waals surface area (Å²) in [6.45, 7) is 0.0820. The summed E-state index contributed by atoms with van der Waals surface area (Å²) in [4.78, 5) is 15.3. The van der Waals surface area contributed by atoms with Crippen LogP contribution in [0.4, 0.5) is 10.1 Å². The molecule has 0 unspecified atom stereocenters. The minimum absolute atomic E-state index is 0.0820. The number of carbonyl (C=O) groups excluding carboxylic acids is 1. The second-order valence-corrected chi connectivity index (χ2v) is 4.05. The predicted octanol–water partition coefficient (Wildman–Crippen LogP) is 2.17. The molecule has 1 aromatic heterocycles. The Morgan fingerprint density at radius 1 is 1.35 bits per heavy atom. The van der Waals surface area contributed by atoms with Crippen LogP contribution in [0, 0.1) is 5.82 Å². The van der Waals surface area contributed by atoms with Crippen molar-refractivity contribution in [2.24, 2.45) is 0 Å². The van der Waals surface area contributed by atoms with Crippen molar-refractivity contribution in [2.75, 3.05) is 12.8 Å². The van der Waals surface area contributed by atoms with Crippen molar-refractivity contribution in [3.63, 3.8) is 0 Å². The van der Waals surface area contributed by atoms with Gasteiger partial charge < -0.3 is 15.2 Å². The van der Waals surface area contributed by atoms with Crippen LogP contribution in [-0.2, 0) is 11.3 Å². The molecule has 6 heteroatoms. The van der Waals surface area contributed by atoms with Crippen molar-refractivity contribution in [3.8, 4) is 5.75 Å². The molecule has 0 fully saturated rings. The van der Waals surface area contributed by atoms with Gasteiger partial charge in [-0.1, -0.05) is 0 Å². The molecule has 0 radical (unpaired) electrons. The zero-order chi connectivity index (χ0) is 14.5. The van der Waals surface area contributed by atoms with E-state index in [-0.39, 0.29) is 12.2 Å². The highest BCUT2D eigenvalue weighted by Gasteiger charge is 2.13. The van der Waals surface area contributed by atoms with Gasteiger partial charge in [-0.15, -0.1) is 0 Å². The van der Waals surface area contributed by atoms with E-state index in [1.54, 1.807) is 12.1 Å². The number of nitrogens with zero attached hydrogens (tertiary/aromatic N) is 1. The average molecular weight is 276 g/mol. The zero-order valence-electron chi connectivity index (χ0n) is 10.8. The lowest BCUT2D eigenvalue weighted by Crippen LogP contribution is -2.07. The summed E-state index contributed by atoms with van der Waals surface area (Å²) >= 11 is 0. The number of carbonyl (C=O) groups is 1. The van der Waals surface area contributed by atoms with E-state index in [9.17, 15) is 9.18 Å². The second kappa shape index (κ2) is 6.01. The number of hydrogen-bond donors (Lipinski definition) is 1. The molecule has 0 aliphatic rings. The molecule has 2 N–H and O–H groups in total. The number of anilines is 1. The molecule has 5 nitrogen and oxygen atoms in total. The highest BCUT2D eigenvalue weighted by Crippen LogP contribution is 2.23. The molecule has 2 rings (SSSR count). The highest BCUT2D eigenvalue weighted by molar-refractivity contribution is 5.93.